The smallest absolute Gasteiger partial charge is 0.408 e. The molecule has 10 nitrogen and oxygen atoms in total. The molecule has 3 aromatic carbocycles. The van der Waals surface area contributed by atoms with Crippen LogP contribution in [0.1, 0.15) is 44.4 Å². The van der Waals surface area contributed by atoms with Gasteiger partial charge in [0, 0.05) is 29.9 Å². The highest BCUT2D eigenvalue weighted by atomic mass is 16.6. The summed E-state index contributed by atoms with van der Waals surface area (Å²) < 4.78 is 10.9. The van der Waals surface area contributed by atoms with Crippen LogP contribution in [0.3, 0.4) is 0 Å². The second-order valence-corrected chi connectivity index (χ2v) is 11.8. The molecule has 0 saturated carbocycles. The molecule has 4 rings (SSSR count). The van der Waals surface area contributed by atoms with Gasteiger partial charge in [-0.3, -0.25) is 9.59 Å². The van der Waals surface area contributed by atoms with E-state index in [0.29, 0.717) is 0 Å². The van der Waals surface area contributed by atoms with Crippen molar-refractivity contribution >= 4 is 34.8 Å². The van der Waals surface area contributed by atoms with Crippen LogP contribution >= 0.6 is 0 Å². The Bertz CT molecular complexity index is 1600. The van der Waals surface area contributed by atoms with Gasteiger partial charge >= 0.3 is 12.1 Å². The molecule has 1 heterocycles. The molecular formula is C35H40N4O6. The Morgan fingerprint density at radius 2 is 1.33 bits per heavy atom. The van der Waals surface area contributed by atoms with E-state index in [1.165, 1.54) is 6.92 Å². The number of nitrogens with one attached hydrogen (secondary N) is 4. The maximum absolute atomic E-state index is 13.8. The fourth-order valence-electron chi connectivity index (χ4n) is 4.72. The normalized spacial score (nSPS) is 13.2. The van der Waals surface area contributed by atoms with Gasteiger partial charge in [-0.05, 0) is 50.5 Å². The molecule has 10 heteroatoms. The number of aromatic amines is 1. The number of amides is 3. The lowest BCUT2D eigenvalue weighted by atomic mass is 10.0. The summed E-state index contributed by atoms with van der Waals surface area (Å²) in [5, 5.41) is 9.01. The van der Waals surface area contributed by atoms with Crippen LogP contribution in [-0.4, -0.2) is 52.6 Å². The van der Waals surface area contributed by atoms with E-state index in [1.807, 2.05) is 91.1 Å². The highest BCUT2D eigenvalue weighted by molar-refractivity contribution is 5.93. The van der Waals surface area contributed by atoms with Crippen molar-refractivity contribution < 1.29 is 28.7 Å². The summed E-state index contributed by atoms with van der Waals surface area (Å²) in [4.78, 5) is 55.9. The molecule has 0 aliphatic rings. The van der Waals surface area contributed by atoms with E-state index in [-0.39, 0.29) is 19.4 Å². The highest BCUT2D eigenvalue weighted by Crippen LogP contribution is 2.20. The average molecular weight is 613 g/mol. The van der Waals surface area contributed by atoms with E-state index in [2.05, 4.69) is 20.9 Å². The number of rotatable bonds is 12. The van der Waals surface area contributed by atoms with Crippen LogP contribution in [0, 0.1) is 0 Å². The summed E-state index contributed by atoms with van der Waals surface area (Å²) in [6.45, 7) is 6.81. The van der Waals surface area contributed by atoms with E-state index >= 15 is 0 Å². The number of para-hydroxylation sites is 1. The molecular weight excluding hydrogens is 572 g/mol. The molecule has 4 N–H and O–H groups in total. The van der Waals surface area contributed by atoms with Gasteiger partial charge in [-0.25, -0.2) is 9.59 Å². The average Bonchev–Trinajstić information content (AvgIpc) is 3.42. The Morgan fingerprint density at radius 3 is 2.00 bits per heavy atom. The first-order valence-electron chi connectivity index (χ1n) is 14.9. The van der Waals surface area contributed by atoms with Crippen LogP contribution in [0.4, 0.5) is 4.79 Å². The standard InChI is InChI=1S/C35H40N4O6/c1-23(37-34(43)44-22-25-15-9-6-10-16-25)31(40)38-29(19-24-13-7-5-8-14-24)32(41)39-30(33(42)45-35(2,3)4)20-26-21-36-28-18-12-11-17-27(26)28/h5-18,21,23,29-30,36H,19-20,22H2,1-4H3,(H,37,43)(H,38,40)(H,39,41)/t23-,29-,30-/m0/s1. The molecule has 3 amide bonds. The third-order valence-electron chi connectivity index (χ3n) is 6.96. The van der Waals surface area contributed by atoms with E-state index in [9.17, 15) is 19.2 Å². The molecule has 0 aliphatic carbocycles. The molecule has 0 aliphatic heterocycles. The second-order valence-electron chi connectivity index (χ2n) is 11.8. The lowest BCUT2D eigenvalue weighted by Gasteiger charge is -2.27. The number of H-pyrrole nitrogens is 1. The number of aromatic nitrogens is 1. The summed E-state index contributed by atoms with van der Waals surface area (Å²) in [6.07, 6.45) is 1.36. The summed E-state index contributed by atoms with van der Waals surface area (Å²) in [5.74, 6) is -1.75. The molecule has 0 fully saturated rings. The van der Waals surface area contributed by atoms with Gasteiger partial charge in [0.2, 0.25) is 11.8 Å². The van der Waals surface area contributed by atoms with Gasteiger partial charge < -0.3 is 30.4 Å². The van der Waals surface area contributed by atoms with Gasteiger partial charge in [-0.1, -0.05) is 78.9 Å². The molecule has 0 unspecified atom stereocenters. The molecule has 0 spiro atoms. The molecule has 3 atom stereocenters. The second kappa shape index (κ2) is 15.1. The van der Waals surface area contributed by atoms with Crippen LogP contribution < -0.4 is 16.0 Å². The molecule has 1 aromatic heterocycles. The van der Waals surface area contributed by atoms with Crippen molar-refractivity contribution in [2.24, 2.45) is 0 Å². The Balaban J connectivity index is 1.48. The van der Waals surface area contributed by atoms with E-state index < -0.39 is 47.6 Å². The van der Waals surface area contributed by atoms with Gasteiger partial charge in [0.1, 0.15) is 30.3 Å². The number of ether oxygens (including phenoxy) is 2. The van der Waals surface area contributed by atoms with Crippen molar-refractivity contribution in [1.29, 1.82) is 0 Å². The number of carbonyl (C=O) groups is 4. The summed E-state index contributed by atoms with van der Waals surface area (Å²) in [7, 11) is 0. The predicted octanol–water partition coefficient (Wildman–Crippen LogP) is 4.58. The number of benzene rings is 3. The first kappa shape index (κ1) is 32.8. The topological polar surface area (TPSA) is 139 Å². The van der Waals surface area contributed by atoms with Crippen molar-refractivity contribution in [3.05, 3.63) is 108 Å². The molecule has 4 aromatic rings. The minimum Gasteiger partial charge on any atom is -0.458 e. The zero-order chi connectivity index (χ0) is 32.4. The van der Waals surface area contributed by atoms with Crippen LogP contribution in [0.2, 0.25) is 0 Å². The third-order valence-corrected chi connectivity index (χ3v) is 6.96. The van der Waals surface area contributed by atoms with E-state index in [0.717, 1.165) is 27.6 Å². The van der Waals surface area contributed by atoms with Crippen LogP contribution in [0.15, 0.2) is 91.1 Å². The number of fused-ring (bicyclic) bond motifs is 1. The summed E-state index contributed by atoms with van der Waals surface area (Å²) >= 11 is 0. The van der Waals surface area contributed by atoms with E-state index in [1.54, 1.807) is 20.8 Å². The fraction of sp³-hybridized carbons (Fsp3) is 0.314. The maximum atomic E-state index is 13.8. The highest BCUT2D eigenvalue weighted by Gasteiger charge is 2.32. The first-order chi connectivity index (χ1) is 21.5. The van der Waals surface area contributed by atoms with Crippen LogP contribution in [0.25, 0.3) is 10.9 Å². The Kier molecular flexibility index (Phi) is 11.0. The Labute approximate surface area is 262 Å². The monoisotopic (exact) mass is 612 g/mol. The molecule has 236 valence electrons. The minimum atomic E-state index is -1.06. The van der Waals surface area contributed by atoms with Crippen molar-refractivity contribution in [3.63, 3.8) is 0 Å². The predicted molar refractivity (Wildman–Crippen MR) is 171 cm³/mol. The number of hydrogen-bond donors (Lipinski definition) is 4. The number of alkyl carbamates (subject to hydrolysis) is 1. The van der Waals surface area contributed by atoms with Crippen molar-refractivity contribution in [2.45, 2.75) is 70.9 Å². The number of esters is 1. The fourth-order valence-corrected chi connectivity index (χ4v) is 4.72. The lowest BCUT2D eigenvalue weighted by molar-refractivity contribution is -0.158. The van der Waals surface area contributed by atoms with Crippen molar-refractivity contribution in [1.82, 2.24) is 20.9 Å². The van der Waals surface area contributed by atoms with Gasteiger partial charge in [0.15, 0.2) is 0 Å². The maximum Gasteiger partial charge on any atom is 0.408 e. The summed E-state index contributed by atoms with van der Waals surface area (Å²) in [5.41, 5.74) is 2.55. The SMILES string of the molecule is C[C@H](NC(=O)OCc1ccccc1)C(=O)N[C@@H](Cc1ccccc1)C(=O)N[C@@H](Cc1c[nH]c2ccccc12)C(=O)OC(C)(C)C. The number of carbonyl (C=O) groups excluding carboxylic acids is 4. The summed E-state index contributed by atoms with van der Waals surface area (Å²) in [6, 6.07) is 22.9. The molecule has 0 bridgehead atoms. The van der Waals surface area contributed by atoms with Crippen molar-refractivity contribution in [2.75, 3.05) is 0 Å². The zero-order valence-electron chi connectivity index (χ0n) is 26.0. The van der Waals surface area contributed by atoms with Crippen molar-refractivity contribution in [3.8, 4) is 0 Å². The molecule has 0 radical (unpaired) electrons. The van der Waals surface area contributed by atoms with Gasteiger partial charge in [0.05, 0.1) is 0 Å². The lowest BCUT2D eigenvalue weighted by Crippen LogP contribution is -2.56. The van der Waals surface area contributed by atoms with Gasteiger partial charge in [-0.15, -0.1) is 0 Å². The molecule has 45 heavy (non-hydrogen) atoms. The Morgan fingerprint density at radius 1 is 0.733 bits per heavy atom. The van der Waals surface area contributed by atoms with Gasteiger partial charge in [-0.2, -0.15) is 0 Å². The largest absolute Gasteiger partial charge is 0.458 e. The molecule has 0 saturated heterocycles. The minimum absolute atomic E-state index is 0.0442. The van der Waals surface area contributed by atoms with Gasteiger partial charge in [0.25, 0.3) is 0 Å². The quantitative estimate of drug-likeness (QED) is 0.173. The van der Waals surface area contributed by atoms with E-state index in [4.69, 9.17) is 9.47 Å². The first-order valence-corrected chi connectivity index (χ1v) is 14.9. The zero-order valence-corrected chi connectivity index (χ0v) is 26.0. The van der Waals surface area contributed by atoms with Crippen LogP contribution in [-0.2, 0) is 43.3 Å². The number of hydrogen-bond acceptors (Lipinski definition) is 6. The van der Waals surface area contributed by atoms with Crippen LogP contribution in [0.5, 0.6) is 0 Å². The Hall–Kier alpha value is -5.12. The third kappa shape index (κ3) is 9.96.